The lowest BCUT2D eigenvalue weighted by Gasteiger charge is -2.20. The van der Waals surface area contributed by atoms with Crippen molar-refractivity contribution in [3.63, 3.8) is 0 Å². The van der Waals surface area contributed by atoms with E-state index in [0.29, 0.717) is 17.9 Å². The minimum Gasteiger partial charge on any atom is -0.497 e. The molecule has 1 heterocycles. The summed E-state index contributed by atoms with van der Waals surface area (Å²) in [6.07, 6.45) is 1.70. The van der Waals surface area contributed by atoms with Gasteiger partial charge in [0.15, 0.2) is 5.78 Å². The maximum atomic E-state index is 11.6. The molecule has 0 aliphatic heterocycles. The number of benzene rings is 1. The minimum atomic E-state index is 0.0229. The highest BCUT2D eigenvalue weighted by Gasteiger charge is 2.12. The largest absolute Gasteiger partial charge is 0.497 e. The summed E-state index contributed by atoms with van der Waals surface area (Å²) in [5.41, 5.74) is 1.77. The number of aromatic nitrogens is 1. The van der Waals surface area contributed by atoms with Crippen LogP contribution in [0.4, 0.5) is 5.82 Å². The quantitative estimate of drug-likeness (QED) is 0.783. The number of hydrogen-bond donors (Lipinski definition) is 0. The van der Waals surface area contributed by atoms with Crippen LogP contribution in [-0.2, 0) is 6.54 Å². The zero-order chi connectivity index (χ0) is 14.5. The molecule has 1 aromatic carbocycles. The average Bonchev–Trinajstić information content (AvgIpc) is 2.48. The molecular weight excluding hydrogens is 252 g/mol. The summed E-state index contributed by atoms with van der Waals surface area (Å²) in [4.78, 5) is 17.9. The van der Waals surface area contributed by atoms with Crippen LogP contribution in [0.2, 0.25) is 0 Å². The van der Waals surface area contributed by atoms with Crippen molar-refractivity contribution in [1.82, 2.24) is 4.98 Å². The number of carbonyl (C=O) groups excluding carboxylic acids is 1. The third-order valence-corrected chi connectivity index (χ3v) is 3.11. The zero-order valence-electron chi connectivity index (χ0n) is 12.0. The van der Waals surface area contributed by atoms with Crippen molar-refractivity contribution >= 4 is 11.6 Å². The topological polar surface area (TPSA) is 42.4 Å². The molecule has 0 bridgehead atoms. The Morgan fingerprint density at radius 3 is 2.55 bits per heavy atom. The molecule has 0 aliphatic carbocycles. The summed E-state index contributed by atoms with van der Waals surface area (Å²) in [5, 5.41) is 0. The van der Waals surface area contributed by atoms with E-state index >= 15 is 0 Å². The number of methoxy groups -OCH3 is 1. The van der Waals surface area contributed by atoms with Crippen LogP contribution in [0.3, 0.4) is 0 Å². The second-order valence-electron chi connectivity index (χ2n) is 4.63. The SMILES string of the molecule is COc1ccc(CN(C)c2ncccc2C(C)=O)cc1. The zero-order valence-corrected chi connectivity index (χ0v) is 12.0. The minimum absolute atomic E-state index is 0.0229. The van der Waals surface area contributed by atoms with Crippen LogP contribution in [0.15, 0.2) is 42.6 Å². The van der Waals surface area contributed by atoms with Gasteiger partial charge in [-0.25, -0.2) is 4.98 Å². The Labute approximate surface area is 119 Å². The molecule has 0 aliphatic rings. The predicted molar refractivity (Wildman–Crippen MR) is 79.3 cm³/mol. The summed E-state index contributed by atoms with van der Waals surface area (Å²) >= 11 is 0. The molecule has 0 saturated heterocycles. The van der Waals surface area contributed by atoms with E-state index in [4.69, 9.17) is 4.74 Å². The van der Waals surface area contributed by atoms with Gasteiger partial charge in [-0.3, -0.25) is 4.79 Å². The van der Waals surface area contributed by atoms with Crippen molar-refractivity contribution in [3.8, 4) is 5.75 Å². The summed E-state index contributed by atoms with van der Waals surface area (Å²) in [7, 11) is 3.58. The van der Waals surface area contributed by atoms with Crippen molar-refractivity contribution in [3.05, 3.63) is 53.7 Å². The molecule has 4 heteroatoms. The smallest absolute Gasteiger partial charge is 0.163 e. The molecule has 1 aromatic heterocycles. The Balaban J connectivity index is 2.19. The van der Waals surface area contributed by atoms with Gasteiger partial charge in [-0.15, -0.1) is 0 Å². The fourth-order valence-corrected chi connectivity index (χ4v) is 2.06. The molecule has 0 amide bonds. The van der Waals surface area contributed by atoms with Gasteiger partial charge in [-0.1, -0.05) is 12.1 Å². The molecule has 0 radical (unpaired) electrons. The number of anilines is 1. The van der Waals surface area contributed by atoms with Crippen LogP contribution in [-0.4, -0.2) is 24.9 Å². The number of rotatable bonds is 5. The summed E-state index contributed by atoms with van der Waals surface area (Å²) < 4.78 is 5.14. The van der Waals surface area contributed by atoms with Crippen molar-refractivity contribution < 1.29 is 9.53 Å². The van der Waals surface area contributed by atoms with Crippen LogP contribution in [0.5, 0.6) is 5.75 Å². The van der Waals surface area contributed by atoms with Gasteiger partial charge in [-0.05, 0) is 36.8 Å². The maximum absolute atomic E-state index is 11.6. The lowest BCUT2D eigenvalue weighted by Crippen LogP contribution is -2.20. The monoisotopic (exact) mass is 270 g/mol. The first kappa shape index (κ1) is 14.1. The van der Waals surface area contributed by atoms with Gasteiger partial charge < -0.3 is 9.64 Å². The van der Waals surface area contributed by atoms with Crippen molar-refractivity contribution in [1.29, 1.82) is 0 Å². The number of Topliss-reactive ketones (excluding diaryl/α,β-unsaturated/α-hetero) is 1. The van der Waals surface area contributed by atoms with E-state index in [1.165, 1.54) is 0 Å². The lowest BCUT2D eigenvalue weighted by atomic mass is 10.1. The van der Waals surface area contributed by atoms with Crippen LogP contribution in [0.25, 0.3) is 0 Å². The first-order chi connectivity index (χ1) is 9.61. The fourth-order valence-electron chi connectivity index (χ4n) is 2.06. The number of hydrogen-bond acceptors (Lipinski definition) is 4. The van der Waals surface area contributed by atoms with Gasteiger partial charge in [-0.2, -0.15) is 0 Å². The van der Waals surface area contributed by atoms with E-state index in [-0.39, 0.29) is 5.78 Å². The van der Waals surface area contributed by atoms with Gasteiger partial charge in [0.2, 0.25) is 0 Å². The van der Waals surface area contributed by atoms with Gasteiger partial charge >= 0.3 is 0 Å². The van der Waals surface area contributed by atoms with E-state index < -0.39 is 0 Å². The van der Waals surface area contributed by atoms with Crippen LogP contribution in [0, 0.1) is 0 Å². The number of ketones is 1. The van der Waals surface area contributed by atoms with E-state index in [1.54, 1.807) is 32.4 Å². The maximum Gasteiger partial charge on any atom is 0.163 e. The molecular formula is C16H18N2O2. The van der Waals surface area contributed by atoms with Gasteiger partial charge in [0.1, 0.15) is 11.6 Å². The molecule has 4 nitrogen and oxygen atoms in total. The molecule has 0 N–H and O–H groups in total. The molecule has 0 fully saturated rings. The lowest BCUT2D eigenvalue weighted by molar-refractivity contribution is 0.101. The second-order valence-corrected chi connectivity index (χ2v) is 4.63. The standard InChI is InChI=1S/C16H18N2O2/c1-12(19)15-5-4-10-17-16(15)18(2)11-13-6-8-14(20-3)9-7-13/h4-10H,11H2,1-3H3. The molecule has 0 unspecified atom stereocenters. The number of ether oxygens (including phenoxy) is 1. The number of carbonyl (C=O) groups is 1. The third kappa shape index (κ3) is 3.15. The Kier molecular flexibility index (Phi) is 4.35. The Morgan fingerprint density at radius 2 is 1.95 bits per heavy atom. The van der Waals surface area contributed by atoms with Gasteiger partial charge in [0.05, 0.1) is 12.7 Å². The third-order valence-electron chi connectivity index (χ3n) is 3.11. The highest BCUT2D eigenvalue weighted by Crippen LogP contribution is 2.19. The molecule has 0 atom stereocenters. The van der Waals surface area contributed by atoms with Crippen LogP contribution >= 0.6 is 0 Å². The molecule has 0 saturated carbocycles. The highest BCUT2D eigenvalue weighted by atomic mass is 16.5. The van der Waals surface area contributed by atoms with E-state index in [2.05, 4.69) is 4.98 Å². The molecule has 0 spiro atoms. The summed E-state index contributed by atoms with van der Waals surface area (Å²) in [5.74, 6) is 1.56. The van der Waals surface area contributed by atoms with Gasteiger partial charge in [0.25, 0.3) is 0 Å². The normalized spacial score (nSPS) is 10.2. The van der Waals surface area contributed by atoms with Crippen LogP contribution in [0.1, 0.15) is 22.8 Å². The molecule has 2 rings (SSSR count). The van der Waals surface area contributed by atoms with Crippen molar-refractivity contribution in [2.75, 3.05) is 19.1 Å². The number of nitrogens with zero attached hydrogens (tertiary/aromatic N) is 2. The summed E-state index contributed by atoms with van der Waals surface area (Å²) in [6, 6.07) is 11.4. The Morgan fingerprint density at radius 1 is 1.25 bits per heavy atom. The van der Waals surface area contributed by atoms with E-state index in [1.807, 2.05) is 36.2 Å². The molecule has 20 heavy (non-hydrogen) atoms. The van der Waals surface area contributed by atoms with Gasteiger partial charge in [0, 0.05) is 19.8 Å². The fraction of sp³-hybridized carbons (Fsp3) is 0.250. The summed E-state index contributed by atoms with van der Waals surface area (Å²) in [6.45, 7) is 2.24. The van der Waals surface area contributed by atoms with Crippen LogP contribution < -0.4 is 9.64 Å². The second kappa shape index (κ2) is 6.19. The Hall–Kier alpha value is -2.36. The first-order valence-corrected chi connectivity index (χ1v) is 6.42. The Bertz CT molecular complexity index is 594. The average molecular weight is 270 g/mol. The van der Waals surface area contributed by atoms with E-state index in [0.717, 1.165) is 11.3 Å². The molecule has 104 valence electrons. The predicted octanol–water partition coefficient (Wildman–Crippen LogP) is 2.93. The number of pyridine rings is 1. The first-order valence-electron chi connectivity index (χ1n) is 6.42. The van der Waals surface area contributed by atoms with Crippen molar-refractivity contribution in [2.45, 2.75) is 13.5 Å². The molecule has 2 aromatic rings. The highest BCUT2D eigenvalue weighted by molar-refractivity contribution is 5.98. The van der Waals surface area contributed by atoms with E-state index in [9.17, 15) is 4.79 Å². The van der Waals surface area contributed by atoms with Crippen molar-refractivity contribution in [2.24, 2.45) is 0 Å².